The molecular formula is C10H8INO. The fraction of sp³-hybridized carbons (Fsp3) is 0.100. The maximum Gasteiger partial charge on any atom is 0.214 e. The Morgan fingerprint density at radius 3 is 2.85 bits per heavy atom. The van der Waals surface area contributed by atoms with Crippen molar-refractivity contribution in [2.45, 2.75) is 0 Å². The number of nitrogens with zero attached hydrogens (tertiary/aromatic N) is 1. The SMILES string of the molecule is ICOc1ccc2ccccc2n1. The van der Waals surface area contributed by atoms with Gasteiger partial charge in [-0.05, 0) is 34.7 Å². The van der Waals surface area contributed by atoms with Gasteiger partial charge in [0.25, 0.3) is 0 Å². The Balaban J connectivity index is 2.49. The van der Waals surface area contributed by atoms with Gasteiger partial charge in [0, 0.05) is 11.5 Å². The summed E-state index contributed by atoms with van der Waals surface area (Å²) in [4.78, 5) is 4.34. The molecule has 0 amide bonds. The van der Waals surface area contributed by atoms with Gasteiger partial charge in [0.2, 0.25) is 5.88 Å². The third-order valence-electron chi connectivity index (χ3n) is 1.78. The third kappa shape index (κ3) is 1.91. The van der Waals surface area contributed by atoms with E-state index in [9.17, 15) is 0 Å². The Morgan fingerprint density at radius 1 is 1.15 bits per heavy atom. The second kappa shape index (κ2) is 3.91. The van der Waals surface area contributed by atoms with Crippen LogP contribution in [0.1, 0.15) is 0 Å². The molecule has 0 unspecified atom stereocenters. The van der Waals surface area contributed by atoms with Crippen LogP contribution in [-0.2, 0) is 0 Å². The Morgan fingerprint density at radius 2 is 2.00 bits per heavy atom. The van der Waals surface area contributed by atoms with Gasteiger partial charge < -0.3 is 4.74 Å². The van der Waals surface area contributed by atoms with Crippen molar-refractivity contribution in [3.63, 3.8) is 0 Å². The molecule has 0 saturated carbocycles. The van der Waals surface area contributed by atoms with E-state index in [1.54, 1.807) is 0 Å². The molecule has 0 aliphatic rings. The van der Waals surface area contributed by atoms with E-state index in [0.29, 0.717) is 10.5 Å². The molecule has 13 heavy (non-hydrogen) atoms. The number of alkyl halides is 1. The number of halogens is 1. The largest absolute Gasteiger partial charge is 0.467 e. The first kappa shape index (κ1) is 8.74. The van der Waals surface area contributed by atoms with Crippen LogP contribution in [0.4, 0.5) is 0 Å². The lowest BCUT2D eigenvalue weighted by molar-refractivity contribution is 0.389. The molecule has 0 bridgehead atoms. The second-order valence-electron chi connectivity index (χ2n) is 2.60. The average Bonchev–Trinajstić information content (AvgIpc) is 2.18. The van der Waals surface area contributed by atoms with Gasteiger partial charge in [-0.15, -0.1) is 0 Å². The zero-order valence-electron chi connectivity index (χ0n) is 6.90. The number of fused-ring (bicyclic) bond motifs is 1. The number of ether oxygens (including phenoxy) is 1. The van der Waals surface area contributed by atoms with E-state index in [0.717, 1.165) is 10.9 Å². The summed E-state index contributed by atoms with van der Waals surface area (Å²) >= 11 is 2.15. The first-order chi connectivity index (χ1) is 6.40. The van der Waals surface area contributed by atoms with Crippen LogP contribution < -0.4 is 4.74 Å². The lowest BCUT2D eigenvalue weighted by Gasteiger charge is -2.01. The van der Waals surface area contributed by atoms with Gasteiger partial charge >= 0.3 is 0 Å². The Hall–Kier alpha value is -0.840. The van der Waals surface area contributed by atoms with Crippen molar-refractivity contribution in [1.29, 1.82) is 0 Å². The molecule has 2 rings (SSSR count). The van der Waals surface area contributed by atoms with Crippen LogP contribution in [0.3, 0.4) is 0 Å². The number of hydrogen-bond acceptors (Lipinski definition) is 2. The smallest absolute Gasteiger partial charge is 0.214 e. The van der Waals surface area contributed by atoms with Gasteiger partial charge in [-0.2, -0.15) is 0 Å². The summed E-state index contributed by atoms with van der Waals surface area (Å²) in [7, 11) is 0. The number of rotatable bonds is 2. The van der Waals surface area contributed by atoms with E-state index >= 15 is 0 Å². The van der Waals surface area contributed by atoms with Crippen LogP contribution in [-0.4, -0.2) is 9.60 Å². The van der Waals surface area contributed by atoms with Crippen LogP contribution in [0.15, 0.2) is 36.4 Å². The molecule has 1 heterocycles. The predicted octanol–water partition coefficient (Wildman–Crippen LogP) is 3.01. The summed E-state index contributed by atoms with van der Waals surface area (Å²) in [6.45, 7) is 0. The number of benzene rings is 1. The predicted molar refractivity (Wildman–Crippen MR) is 61.3 cm³/mol. The molecule has 1 aromatic heterocycles. The summed E-state index contributed by atoms with van der Waals surface area (Å²) in [6, 6.07) is 11.9. The first-order valence-corrected chi connectivity index (χ1v) is 5.47. The summed E-state index contributed by atoms with van der Waals surface area (Å²) in [5.74, 6) is 0.688. The highest BCUT2D eigenvalue weighted by atomic mass is 127. The fourth-order valence-corrected chi connectivity index (χ4v) is 1.50. The molecule has 0 atom stereocenters. The van der Waals surface area contributed by atoms with Crippen LogP contribution in [0.5, 0.6) is 5.88 Å². The molecule has 2 aromatic rings. The van der Waals surface area contributed by atoms with Crippen LogP contribution in [0, 0.1) is 0 Å². The molecule has 0 N–H and O–H groups in total. The molecule has 2 nitrogen and oxygen atoms in total. The van der Waals surface area contributed by atoms with Crippen LogP contribution in [0.25, 0.3) is 10.9 Å². The summed E-state index contributed by atoms with van der Waals surface area (Å²) in [5, 5.41) is 1.14. The van der Waals surface area contributed by atoms with Gasteiger partial charge in [-0.1, -0.05) is 18.2 Å². The number of para-hydroxylation sites is 1. The van der Waals surface area contributed by atoms with Crippen molar-refractivity contribution >= 4 is 33.5 Å². The second-order valence-corrected chi connectivity index (χ2v) is 3.22. The van der Waals surface area contributed by atoms with Gasteiger partial charge in [0.15, 0.2) is 0 Å². The van der Waals surface area contributed by atoms with Crippen molar-refractivity contribution in [3.05, 3.63) is 36.4 Å². The molecule has 66 valence electrons. The Labute approximate surface area is 90.1 Å². The molecule has 0 radical (unpaired) electrons. The minimum atomic E-state index is 0.628. The van der Waals surface area contributed by atoms with Crippen LogP contribution >= 0.6 is 22.6 Å². The zero-order chi connectivity index (χ0) is 9.10. The fourth-order valence-electron chi connectivity index (χ4n) is 1.18. The Kier molecular flexibility index (Phi) is 2.63. The quantitative estimate of drug-likeness (QED) is 0.625. The number of hydrogen-bond donors (Lipinski definition) is 0. The molecule has 0 fully saturated rings. The van der Waals surface area contributed by atoms with E-state index < -0.39 is 0 Å². The highest BCUT2D eigenvalue weighted by Crippen LogP contribution is 2.16. The summed E-state index contributed by atoms with van der Waals surface area (Å²) in [5.41, 5.74) is 0.977. The monoisotopic (exact) mass is 285 g/mol. The van der Waals surface area contributed by atoms with Crippen molar-refractivity contribution in [2.75, 3.05) is 4.61 Å². The maximum absolute atomic E-state index is 5.29. The van der Waals surface area contributed by atoms with Gasteiger partial charge in [-0.3, -0.25) is 0 Å². The Bertz CT molecular complexity index is 416. The summed E-state index contributed by atoms with van der Waals surface area (Å²) < 4.78 is 5.92. The standard InChI is InChI=1S/C10H8INO/c11-7-13-10-6-5-8-3-1-2-4-9(8)12-10/h1-6H,7H2. The van der Waals surface area contributed by atoms with Gasteiger partial charge in [0.1, 0.15) is 4.61 Å². The molecule has 1 aromatic carbocycles. The lowest BCUT2D eigenvalue weighted by Crippen LogP contribution is -1.91. The molecule has 0 aliphatic carbocycles. The van der Waals surface area contributed by atoms with Crippen molar-refractivity contribution < 1.29 is 4.74 Å². The molecule has 3 heteroatoms. The van der Waals surface area contributed by atoms with Crippen LogP contribution in [0.2, 0.25) is 0 Å². The van der Waals surface area contributed by atoms with E-state index in [1.165, 1.54) is 0 Å². The van der Waals surface area contributed by atoms with E-state index in [-0.39, 0.29) is 0 Å². The lowest BCUT2D eigenvalue weighted by atomic mass is 10.2. The molecule has 0 aliphatic heterocycles. The maximum atomic E-state index is 5.29. The first-order valence-electron chi connectivity index (χ1n) is 3.95. The van der Waals surface area contributed by atoms with Gasteiger partial charge in [0.05, 0.1) is 5.52 Å². The van der Waals surface area contributed by atoms with Crippen molar-refractivity contribution in [1.82, 2.24) is 4.98 Å². The normalized spacial score (nSPS) is 10.2. The van der Waals surface area contributed by atoms with E-state index in [2.05, 4.69) is 27.6 Å². The summed E-state index contributed by atoms with van der Waals surface area (Å²) in [6.07, 6.45) is 0. The number of pyridine rings is 1. The minimum Gasteiger partial charge on any atom is -0.467 e. The van der Waals surface area contributed by atoms with E-state index in [4.69, 9.17) is 4.74 Å². The highest BCUT2D eigenvalue weighted by Gasteiger charge is 1.96. The van der Waals surface area contributed by atoms with Crippen molar-refractivity contribution in [3.8, 4) is 5.88 Å². The van der Waals surface area contributed by atoms with Gasteiger partial charge in [-0.25, -0.2) is 4.98 Å². The third-order valence-corrected chi connectivity index (χ3v) is 2.09. The highest BCUT2D eigenvalue weighted by molar-refractivity contribution is 14.1. The number of aromatic nitrogens is 1. The van der Waals surface area contributed by atoms with Crippen molar-refractivity contribution in [2.24, 2.45) is 0 Å². The minimum absolute atomic E-state index is 0.628. The molecule has 0 saturated heterocycles. The molecular weight excluding hydrogens is 277 g/mol. The topological polar surface area (TPSA) is 22.1 Å². The molecule has 0 spiro atoms. The zero-order valence-corrected chi connectivity index (χ0v) is 9.06. The van der Waals surface area contributed by atoms with E-state index in [1.807, 2.05) is 36.4 Å². The average molecular weight is 285 g/mol.